The van der Waals surface area contributed by atoms with Crippen molar-refractivity contribution >= 4 is 0 Å². The van der Waals surface area contributed by atoms with Crippen molar-refractivity contribution < 1.29 is 4.74 Å². The number of nitrogens with two attached hydrogens (primary N) is 1. The minimum Gasteiger partial charge on any atom is -0.491 e. The molecule has 0 atom stereocenters. The van der Waals surface area contributed by atoms with Gasteiger partial charge in [-0.2, -0.15) is 0 Å². The van der Waals surface area contributed by atoms with Crippen LogP contribution >= 0.6 is 0 Å². The number of likely N-dealkylation sites (tertiary alicyclic amines) is 1. The predicted octanol–water partition coefficient (Wildman–Crippen LogP) is 0.866. The zero-order valence-corrected chi connectivity index (χ0v) is 10.6. The average molecular weight is 245 g/mol. The molecule has 18 heavy (non-hydrogen) atoms. The van der Waals surface area contributed by atoms with Crippen molar-refractivity contribution in [2.24, 2.45) is 5.73 Å². The lowest BCUT2D eigenvalue weighted by Gasteiger charge is -2.14. The van der Waals surface area contributed by atoms with Crippen LogP contribution in [0.15, 0.2) is 18.5 Å². The van der Waals surface area contributed by atoms with Crippen LogP contribution in [-0.4, -0.2) is 42.7 Å². The third kappa shape index (κ3) is 4.02. The van der Waals surface area contributed by atoms with Gasteiger partial charge in [0.25, 0.3) is 0 Å². The Kier molecular flexibility index (Phi) is 5.00. The molecular weight excluding hydrogens is 226 g/mol. The Balaban J connectivity index is 1.81. The topological polar surface area (TPSA) is 51.4 Å². The summed E-state index contributed by atoms with van der Waals surface area (Å²) in [6, 6.07) is 1.90. The Labute approximate surface area is 108 Å². The van der Waals surface area contributed by atoms with Crippen molar-refractivity contribution in [1.82, 2.24) is 9.88 Å². The standard InChI is InChI=1S/C14H19N3O/c15-5-3-4-13-10-14(12-16-11-13)18-9-8-17-6-1-2-7-17/h10-12H,1-2,5-9,15H2. The molecule has 0 bridgehead atoms. The average Bonchev–Trinajstić information content (AvgIpc) is 2.90. The molecule has 2 rings (SSSR count). The second-order valence-electron chi connectivity index (χ2n) is 4.31. The summed E-state index contributed by atoms with van der Waals surface area (Å²) in [7, 11) is 0. The summed E-state index contributed by atoms with van der Waals surface area (Å²) in [4.78, 5) is 6.53. The van der Waals surface area contributed by atoms with Gasteiger partial charge in [0.1, 0.15) is 12.4 Å². The second-order valence-corrected chi connectivity index (χ2v) is 4.31. The number of ether oxygens (including phenoxy) is 1. The van der Waals surface area contributed by atoms with Crippen molar-refractivity contribution in [3.05, 3.63) is 24.0 Å². The molecule has 0 aliphatic carbocycles. The van der Waals surface area contributed by atoms with E-state index in [4.69, 9.17) is 10.5 Å². The molecule has 0 saturated carbocycles. The third-order valence-electron chi connectivity index (χ3n) is 2.92. The van der Waals surface area contributed by atoms with Crippen LogP contribution < -0.4 is 10.5 Å². The van der Waals surface area contributed by atoms with Crippen molar-refractivity contribution in [1.29, 1.82) is 0 Å². The lowest BCUT2D eigenvalue weighted by Crippen LogP contribution is -2.25. The minimum atomic E-state index is 0.361. The first-order valence-corrected chi connectivity index (χ1v) is 6.37. The Bertz CT molecular complexity index is 430. The van der Waals surface area contributed by atoms with Gasteiger partial charge < -0.3 is 10.5 Å². The Hall–Kier alpha value is -1.57. The molecule has 0 spiro atoms. The maximum absolute atomic E-state index is 5.69. The summed E-state index contributed by atoms with van der Waals surface area (Å²) in [6.45, 7) is 4.45. The monoisotopic (exact) mass is 245 g/mol. The molecule has 1 saturated heterocycles. The number of pyridine rings is 1. The van der Waals surface area contributed by atoms with Crippen molar-refractivity contribution in [3.63, 3.8) is 0 Å². The highest BCUT2D eigenvalue weighted by molar-refractivity contribution is 5.36. The lowest BCUT2D eigenvalue weighted by molar-refractivity contribution is 0.237. The fraction of sp³-hybridized carbons (Fsp3) is 0.500. The Morgan fingerprint density at radius 2 is 2.17 bits per heavy atom. The van der Waals surface area contributed by atoms with E-state index < -0.39 is 0 Å². The fourth-order valence-corrected chi connectivity index (χ4v) is 2.02. The van der Waals surface area contributed by atoms with Crippen LogP contribution in [0, 0.1) is 11.8 Å². The first-order valence-electron chi connectivity index (χ1n) is 6.37. The largest absolute Gasteiger partial charge is 0.491 e. The molecule has 1 aromatic rings. The molecule has 1 aliphatic rings. The van der Waals surface area contributed by atoms with Gasteiger partial charge in [-0.1, -0.05) is 11.8 Å². The van der Waals surface area contributed by atoms with E-state index in [1.54, 1.807) is 12.4 Å². The zero-order valence-electron chi connectivity index (χ0n) is 10.6. The van der Waals surface area contributed by atoms with E-state index in [0.717, 1.165) is 17.9 Å². The zero-order chi connectivity index (χ0) is 12.6. The Morgan fingerprint density at radius 3 is 2.94 bits per heavy atom. The van der Waals surface area contributed by atoms with Crippen LogP contribution in [-0.2, 0) is 0 Å². The van der Waals surface area contributed by atoms with Crippen LogP contribution in [0.25, 0.3) is 0 Å². The first-order chi connectivity index (χ1) is 8.88. The molecule has 1 aliphatic heterocycles. The molecule has 0 radical (unpaired) electrons. The van der Waals surface area contributed by atoms with E-state index in [1.807, 2.05) is 6.07 Å². The molecule has 0 amide bonds. The molecule has 1 fully saturated rings. The van der Waals surface area contributed by atoms with Gasteiger partial charge in [-0.3, -0.25) is 9.88 Å². The van der Waals surface area contributed by atoms with Crippen LogP contribution in [0.3, 0.4) is 0 Å². The highest BCUT2D eigenvalue weighted by atomic mass is 16.5. The Morgan fingerprint density at radius 1 is 1.33 bits per heavy atom. The van der Waals surface area contributed by atoms with Gasteiger partial charge in [-0.25, -0.2) is 0 Å². The quantitative estimate of drug-likeness (QED) is 0.800. The fourth-order valence-electron chi connectivity index (χ4n) is 2.02. The third-order valence-corrected chi connectivity index (χ3v) is 2.92. The number of hydrogen-bond donors (Lipinski definition) is 1. The normalized spacial score (nSPS) is 15.2. The molecule has 2 heterocycles. The molecule has 96 valence electrons. The summed E-state index contributed by atoms with van der Waals surface area (Å²) in [5.74, 6) is 6.53. The van der Waals surface area contributed by atoms with Crippen LogP contribution in [0.5, 0.6) is 5.75 Å². The van der Waals surface area contributed by atoms with Gasteiger partial charge >= 0.3 is 0 Å². The smallest absolute Gasteiger partial charge is 0.138 e. The summed E-state index contributed by atoms with van der Waals surface area (Å²) in [6.07, 6.45) is 6.06. The number of rotatable bonds is 4. The highest BCUT2D eigenvalue weighted by Gasteiger charge is 2.10. The maximum Gasteiger partial charge on any atom is 0.138 e. The van der Waals surface area contributed by atoms with E-state index in [2.05, 4.69) is 21.7 Å². The van der Waals surface area contributed by atoms with Gasteiger partial charge in [-0.15, -0.1) is 0 Å². The van der Waals surface area contributed by atoms with E-state index in [-0.39, 0.29) is 0 Å². The predicted molar refractivity (Wildman–Crippen MR) is 71.3 cm³/mol. The van der Waals surface area contributed by atoms with Gasteiger partial charge in [-0.05, 0) is 32.0 Å². The van der Waals surface area contributed by atoms with Crippen molar-refractivity contribution in [2.45, 2.75) is 12.8 Å². The first kappa shape index (κ1) is 12.9. The minimum absolute atomic E-state index is 0.361. The molecule has 0 aromatic carbocycles. The number of aromatic nitrogens is 1. The maximum atomic E-state index is 5.69. The highest BCUT2D eigenvalue weighted by Crippen LogP contribution is 2.11. The van der Waals surface area contributed by atoms with E-state index in [9.17, 15) is 0 Å². The molecule has 4 nitrogen and oxygen atoms in total. The van der Waals surface area contributed by atoms with Gasteiger partial charge in [0, 0.05) is 18.3 Å². The van der Waals surface area contributed by atoms with E-state index >= 15 is 0 Å². The molecule has 1 aromatic heterocycles. The SMILES string of the molecule is NCC#Cc1cncc(OCCN2CCCC2)c1. The van der Waals surface area contributed by atoms with Crippen molar-refractivity contribution in [2.75, 3.05) is 32.8 Å². The number of nitrogens with zero attached hydrogens (tertiary/aromatic N) is 2. The molecule has 0 unspecified atom stereocenters. The summed E-state index contributed by atoms with van der Waals surface area (Å²) >= 11 is 0. The molecule has 4 heteroatoms. The number of hydrogen-bond acceptors (Lipinski definition) is 4. The van der Waals surface area contributed by atoms with Crippen LogP contribution in [0.2, 0.25) is 0 Å². The van der Waals surface area contributed by atoms with Crippen LogP contribution in [0.4, 0.5) is 0 Å². The molecular formula is C14H19N3O. The van der Waals surface area contributed by atoms with Gasteiger partial charge in [0.2, 0.25) is 0 Å². The molecule has 2 N–H and O–H groups in total. The second kappa shape index (κ2) is 7.00. The van der Waals surface area contributed by atoms with Crippen LogP contribution in [0.1, 0.15) is 18.4 Å². The summed E-state index contributed by atoms with van der Waals surface area (Å²) in [5, 5.41) is 0. The summed E-state index contributed by atoms with van der Waals surface area (Å²) in [5.41, 5.74) is 6.18. The lowest BCUT2D eigenvalue weighted by atomic mass is 10.3. The van der Waals surface area contributed by atoms with Gasteiger partial charge in [0.05, 0.1) is 12.7 Å². The van der Waals surface area contributed by atoms with E-state index in [1.165, 1.54) is 25.9 Å². The van der Waals surface area contributed by atoms with Gasteiger partial charge in [0.15, 0.2) is 0 Å². The van der Waals surface area contributed by atoms with Crippen molar-refractivity contribution in [3.8, 4) is 17.6 Å². The van der Waals surface area contributed by atoms with E-state index in [0.29, 0.717) is 13.2 Å². The summed E-state index contributed by atoms with van der Waals surface area (Å²) < 4.78 is 5.69.